The van der Waals surface area contributed by atoms with Crippen LogP contribution in [0.1, 0.15) is 6.92 Å². The third kappa shape index (κ3) is 2.16. The molecule has 0 saturated heterocycles. The fourth-order valence-electron chi connectivity index (χ4n) is 2.02. The maximum Gasteiger partial charge on any atom is 0.172 e. The van der Waals surface area contributed by atoms with Crippen molar-refractivity contribution in [3.05, 3.63) is 36.9 Å². The average Bonchev–Trinajstić information content (AvgIpc) is 2.91. The van der Waals surface area contributed by atoms with Crippen molar-refractivity contribution in [3.8, 4) is 22.8 Å². The highest BCUT2D eigenvalue weighted by atomic mass is 16.5. The Kier molecular flexibility index (Phi) is 3.20. The van der Waals surface area contributed by atoms with Gasteiger partial charge in [-0.3, -0.25) is 0 Å². The Labute approximate surface area is 116 Å². The van der Waals surface area contributed by atoms with Crippen molar-refractivity contribution in [1.29, 1.82) is 0 Å². The lowest BCUT2D eigenvalue weighted by Gasteiger charge is -2.09. The smallest absolute Gasteiger partial charge is 0.172 e. The van der Waals surface area contributed by atoms with Crippen LogP contribution >= 0.6 is 0 Å². The summed E-state index contributed by atoms with van der Waals surface area (Å²) in [5.41, 5.74) is 2.37. The zero-order chi connectivity index (χ0) is 13.9. The molecule has 6 heteroatoms. The van der Waals surface area contributed by atoms with E-state index in [4.69, 9.17) is 9.47 Å². The molecule has 0 N–H and O–H groups in total. The topological polar surface area (TPSA) is 61.5 Å². The van der Waals surface area contributed by atoms with Gasteiger partial charge in [-0.05, 0) is 19.1 Å². The Hall–Kier alpha value is -2.63. The highest BCUT2D eigenvalue weighted by Crippen LogP contribution is 2.32. The largest absolute Gasteiger partial charge is 0.496 e. The lowest BCUT2D eigenvalue weighted by atomic mass is 10.1. The number of methoxy groups -OCH3 is 1. The van der Waals surface area contributed by atoms with E-state index in [0.29, 0.717) is 18.0 Å². The molecule has 0 bridgehead atoms. The molecular formula is C14H14N4O2. The van der Waals surface area contributed by atoms with Crippen molar-refractivity contribution in [1.82, 2.24) is 19.6 Å². The second-order valence-corrected chi connectivity index (χ2v) is 4.13. The molecule has 0 aliphatic rings. The summed E-state index contributed by atoms with van der Waals surface area (Å²) in [6.45, 7) is 2.56. The maximum absolute atomic E-state index is 5.47. The van der Waals surface area contributed by atoms with Crippen molar-refractivity contribution in [3.63, 3.8) is 0 Å². The van der Waals surface area contributed by atoms with Gasteiger partial charge in [0.15, 0.2) is 5.65 Å². The Morgan fingerprint density at radius 1 is 1.30 bits per heavy atom. The van der Waals surface area contributed by atoms with E-state index in [2.05, 4.69) is 15.1 Å². The highest BCUT2D eigenvalue weighted by Gasteiger charge is 2.11. The van der Waals surface area contributed by atoms with Crippen LogP contribution in [0.25, 0.3) is 16.9 Å². The number of aromatic nitrogens is 4. The van der Waals surface area contributed by atoms with Gasteiger partial charge in [-0.1, -0.05) is 0 Å². The predicted octanol–water partition coefficient (Wildman–Crippen LogP) is 2.20. The van der Waals surface area contributed by atoms with E-state index in [1.165, 1.54) is 6.33 Å². The Morgan fingerprint density at radius 3 is 2.95 bits per heavy atom. The second-order valence-electron chi connectivity index (χ2n) is 4.13. The number of ether oxygens (including phenoxy) is 2. The van der Waals surface area contributed by atoms with Crippen LogP contribution < -0.4 is 9.47 Å². The number of hydrogen-bond acceptors (Lipinski definition) is 5. The van der Waals surface area contributed by atoms with Crippen LogP contribution in [0.5, 0.6) is 11.5 Å². The van der Waals surface area contributed by atoms with Crippen molar-refractivity contribution in [2.45, 2.75) is 6.92 Å². The normalized spacial score (nSPS) is 10.7. The summed E-state index contributed by atoms with van der Waals surface area (Å²) >= 11 is 0. The van der Waals surface area contributed by atoms with Gasteiger partial charge in [-0.25, -0.2) is 14.5 Å². The molecule has 102 valence electrons. The summed E-state index contributed by atoms with van der Waals surface area (Å²) in [4.78, 5) is 8.44. The standard InChI is InChI=1S/C14H14N4O2/c1-3-20-10-4-5-11(13(6-10)19-2)12-8-18-14(17-12)7-15-9-16-18/h4-9H,3H2,1-2H3. The summed E-state index contributed by atoms with van der Waals surface area (Å²) in [7, 11) is 1.63. The van der Waals surface area contributed by atoms with E-state index in [-0.39, 0.29) is 0 Å². The van der Waals surface area contributed by atoms with Crippen molar-refractivity contribution in [2.75, 3.05) is 13.7 Å². The summed E-state index contributed by atoms with van der Waals surface area (Å²) in [6.07, 6.45) is 4.99. The lowest BCUT2D eigenvalue weighted by Crippen LogP contribution is -1.94. The minimum atomic E-state index is 0.618. The Bertz CT molecular complexity index is 706. The van der Waals surface area contributed by atoms with E-state index >= 15 is 0 Å². The van der Waals surface area contributed by atoms with Gasteiger partial charge >= 0.3 is 0 Å². The molecule has 0 atom stereocenters. The zero-order valence-electron chi connectivity index (χ0n) is 11.3. The molecule has 2 heterocycles. The van der Waals surface area contributed by atoms with E-state index in [1.807, 2.05) is 31.3 Å². The van der Waals surface area contributed by atoms with Gasteiger partial charge in [0.25, 0.3) is 0 Å². The molecule has 0 fully saturated rings. The number of nitrogens with zero attached hydrogens (tertiary/aromatic N) is 4. The minimum Gasteiger partial charge on any atom is -0.496 e. The molecule has 0 radical (unpaired) electrons. The summed E-state index contributed by atoms with van der Waals surface area (Å²) in [5.74, 6) is 1.49. The highest BCUT2D eigenvalue weighted by molar-refractivity contribution is 5.70. The molecular weight excluding hydrogens is 256 g/mol. The van der Waals surface area contributed by atoms with E-state index < -0.39 is 0 Å². The van der Waals surface area contributed by atoms with Crippen LogP contribution in [0.2, 0.25) is 0 Å². The summed E-state index contributed by atoms with van der Waals surface area (Å²) in [6, 6.07) is 5.69. The monoisotopic (exact) mass is 270 g/mol. The van der Waals surface area contributed by atoms with Crippen LogP contribution in [-0.4, -0.2) is 33.3 Å². The first-order valence-corrected chi connectivity index (χ1v) is 6.28. The Balaban J connectivity index is 2.08. The fraction of sp³-hybridized carbons (Fsp3) is 0.214. The first kappa shape index (κ1) is 12.4. The van der Waals surface area contributed by atoms with Crippen molar-refractivity contribution >= 4 is 5.65 Å². The summed E-state index contributed by atoms with van der Waals surface area (Å²) < 4.78 is 12.6. The molecule has 1 aromatic carbocycles. The van der Waals surface area contributed by atoms with E-state index in [0.717, 1.165) is 17.0 Å². The first-order valence-electron chi connectivity index (χ1n) is 6.28. The molecule has 0 unspecified atom stereocenters. The molecule has 2 aromatic heterocycles. The number of hydrogen-bond donors (Lipinski definition) is 0. The second kappa shape index (κ2) is 5.16. The molecule has 0 aliphatic carbocycles. The number of fused-ring (bicyclic) bond motifs is 1. The Morgan fingerprint density at radius 2 is 2.20 bits per heavy atom. The molecule has 3 rings (SSSR count). The molecule has 0 amide bonds. The van der Waals surface area contributed by atoms with Gasteiger partial charge in [0.1, 0.15) is 17.8 Å². The molecule has 0 aliphatic heterocycles. The molecule has 0 spiro atoms. The maximum atomic E-state index is 5.47. The van der Waals surface area contributed by atoms with E-state index in [1.54, 1.807) is 17.8 Å². The van der Waals surface area contributed by atoms with Crippen molar-refractivity contribution in [2.24, 2.45) is 0 Å². The van der Waals surface area contributed by atoms with Gasteiger partial charge < -0.3 is 9.47 Å². The van der Waals surface area contributed by atoms with Gasteiger partial charge in [0.05, 0.1) is 31.8 Å². The van der Waals surface area contributed by atoms with Gasteiger partial charge in [0.2, 0.25) is 0 Å². The molecule has 6 nitrogen and oxygen atoms in total. The lowest BCUT2D eigenvalue weighted by molar-refractivity contribution is 0.336. The van der Waals surface area contributed by atoms with Gasteiger partial charge in [0, 0.05) is 11.6 Å². The molecule has 0 saturated carbocycles. The number of rotatable bonds is 4. The van der Waals surface area contributed by atoms with Crippen LogP contribution in [0.4, 0.5) is 0 Å². The van der Waals surface area contributed by atoms with Gasteiger partial charge in [-0.2, -0.15) is 5.10 Å². The van der Waals surface area contributed by atoms with Crippen LogP contribution in [0.15, 0.2) is 36.9 Å². The predicted molar refractivity (Wildman–Crippen MR) is 73.9 cm³/mol. The first-order chi connectivity index (χ1) is 9.81. The quantitative estimate of drug-likeness (QED) is 0.727. The van der Waals surface area contributed by atoms with Crippen LogP contribution in [-0.2, 0) is 0 Å². The van der Waals surface area contributed by atoms with Crippen LogP contribution in [0.3, 0.4) is 0 Å². The summed E-state index contributed by atoms with van der Waals surface area (Å²) in [5, 5.41) is 4.11. The third-order valence-electron chi connectivity index (χ3n) is 2.91. The zero-order valence-corrected chi connectivity index (χ0v) is 11.3. The molecule has 20 heavy (non-hydrogen) atoms. The average molecular weight is 270 g/mol. The number of imidazole rings is 1. The third-order valence-corrected chi connectivity index (χ3v) is 2.91. The molecule has 3 aromatic rings. The van der Waals surface area contributed by atoms with E-state index in [9.17, 15) is 0 Å². The number of benzene rings is 1. The van der Waals surface area contributed by atoms with Gasteiger partial charge in [-0.15, -0.1) is 0 Å². The minimum absolute atomic E-state index is 0.618. The van der Waals surface area contributed by atoms with Crippen LogP contribution in [0, 0.1) is 0 Å². The van der Waals surface area contributed by atoms with Crippen molar-refractivity contribution < 1.29 is 9.47 Å². The SMILES string of the molecule is CCOc1ccc(-c2cn3ncncc3n2)c(OC)c1. The fourth-order valence-corrected chi connectivity index (χ4v) is 2.02.